The van der Waals surface area contributed by atoms with Crippen LogP contribution in [0.1, 0.15) is 33.1 Å². The summed E-state index contributed by atoms with van der Waals surface area (Å²) in [6.45, 7) is 7.02. The van der Waals surface area contributed by atoms with Crippen LogP contribution in [0.4, 0.5) is 8.78 Å². The highest BCUT2D eigenvalue weighted by atomic mass is 19.3. The molecule has 0 aromatic heterocycles. The number of halogens is 2. The predicted octanol–water partition coefficient (Wildman–Crippen LogP) is 3.65. The van der Waals surface area contributed by atoms with Gasteiger partial charge in [-0.15, -0.1) is 6.58 Å². The third-order valence-corrected chi connectivity index (χ3v) is 2.95. The second-order valence-corrected chi connectivity index (χ2v) is 3.62. The lowest BCUT2D eigenvalue weighted by molar-refractivity contribution is -0.150. The Morgan fingerprint density at radius 1 is 1.29 bits per heavy atom. The van der Waals surface area contributed by atoms with E-state index in [1.165, 1.54) is 13.2 Å². The molecule has 0 aromatic rings. The number of alkyl halides is 2. The normalized spacial score (nSPS) is 12.9. The fourth-order valence-electron chi connectivity index (χ4n) is 1.75. The Morgan fingerprint density at radius 2 is 1.79 bits per heavy atom. The molecular formula is C11H20F2O. The van der Waals surface area contributed by atoms with Gasteiger partial charge in [0.1, 0.15) is 0 Å². The van der Waals surface area contributed by atoms with Crippen molar-refractivity contribution in [3.8, 4) is 0 Å². The van der Waals surface area contributed by atoms with E-state index in [0.29, 0.717) is 12.8 Å². The monoisotopic (exact) mass is 206 g/mol. The molecule has 0 heterocycles. The zero-order valence-corrected chi connectivity index (χ0v) is 9.28. The Morgan fingerprint density at radius 3 is 2.07 bits per heavy atom. The predicted molar refractivity (Wildman–Crippen MR) is 54.7 cm³/mol. The van der Waals surface area contributed by atoms with E-state index in [-0.39, 0.29) is 13.0 Å². The Kier molecular flexibility index (Phi) is 5.27. The molecule has 0 saturated carbocycles. The number of allylic oxidation sites excluding steroid dienone is 1. The first-order valence-electron chi connectivity index (χ1n) is 4.97. The highest BCUT2D eigenvalue weighted by Gasteiger charge is 2.49. The molecule has 0 radical (unpaired) electrons. The molecule has 14 heavy (non-hydrogen) atoms. The minimum absolute atomic E-state index is 0.0981. The van der Waals surface area contributed by atoms with Crippen LogP contribution in [-0.2, 0) is 4.74 Å². The molecule has 1 nitrogen and oxygen atoms in total. The van der Waals surface area contributed by atoms with Gasteiger partial charge < -0.3 is 4.74 Å². The first-order chi connectivity index (χ1) is 6.49. The maximum Gasteiger partial charge on any atom is 0.259 e. The number of rotatable bonds is 7. The van der Waals surface area contributed by atoms with E-state index in [1.54, 1.807) is 13.8 Å². The molecule has 0 atom stereocenters. The third-order valence-electron chi connectivity index (χ3n) is 2.95. The fourth-order valence-corrected chi connectivity index (χ4v) is 1.75. The van der Waals surface area contributed by atoms with Gasteiger partial charge >= 0.3 is 0 Å². The van der Waals surface area contributed by atoms with Crippen molar-refractivity contribution >= 4 is 0 Å². The van der Waals surface area contributed by atoms with Crippen LogP contribution in [-0.4, -0.2) is 19.6 Å². The standard InChI is InChI=1S/C11H20F2O/c1-5-8-11(12,13)10(6-2,7-3)9-14-4/h5H,1,6-9H2,2-4H3. The van der Waals surface area contributed by atoms with E-state index >= 15 is 0 Å². The average Bonchev–Trinajstić information content (AvgIpc) is 2.13. The van der Waals surface area contributed by atoms with Gasteiger partial charge in [-0.05, 0) is 12.8 Å². The first-order valence-corrected chi connectivity index (χ1v) is 4.97. The lowest BCUT2D eigenvalue weighted by atomic mass is 9.75. The Labute approximate surface area is 85.1 Å². The number of methoxy groups -OCH3 is 1. The van der Waals surface area contributed by atoms with Crippen LogP contribution in [0.2, 0.25) is 0 Å². The SMILES string of the molecule is C=CCC(F)(F)C(CC)(CC)COC. The van der Waals surface area contributed by atoms with Crippen molar-refractivity contribution in [2.24, 2.45) is 5.41 Å². The molecule has 0 fully saturated rings. The fraction of sp³-hybridized carbons (Fsp3) is 0.818. The molecule has 0 aliphatic heterocycles. The summed E-state index contributed by atoms with van der Waals surface area (Å²) < 4.78 is 32.5. The number of ether oxygens (including phenoxy) is 1. The quantitative estimate of drug-likeness (QED) is 0.578. The number of hydrogen-bond acceptors (Lipinski definition) is 1. The highest BCUT2D eigenvalue weighted by Crippen LogP contribution is 2.45. The zero-order chi connectivity index (χ0) is 11.2. The van der Waals surface area contributed by atoms with Gasteiger partial charge in [0.25, 0.3) is 5.92 Å². The molecule has 0 aliphatic carbocycles. The molecule has 84 valence electrons. The molecule has 0 saturated heterocycles. The van der Waals surface area contributed by atoms with E-state index in [2.05, 4.69) is 6.58 Å². The largest absolute Gasteiger partial charge is 0.384 e. The molecule has 0 rings (SSSR count). The number of hydrogen-bond donors (Lipinski definition) is 0. The summed E-state index contributed by atoms with van der Waals surface area (Å²) in [4.78, 5) is 0. The molecule has 3 heteroatoms. The van der Waals surface area contributed by atoms with E-state index in [1.807, 2.05) is 0 Å². The lowest BCUT2D eigenvalue weighted by Gasteiger charge is -2.38. The van der Waals surface area contributed by atoms with E-state index in [4.69, 9.17) is 4.74 Å². The van der Waals surface area contributed by atoms with E-state index in [0.717, 1.165) is 0 Å². The molecule has 0 N–H and O–H groups in total. The van der Waals surface area contributed by atoms with E-state index < -0.39 is 11.3 Å². The van der Waals surface area contributed by atoms with Crippen LogP contribution in [0.15, 0.2) is 12.7 Å². The molecule has 0 unspecified atom stereocenters. The minimum atomic E-state index is -2.73. The first kappa shape index (κ1) is 13.6. The Bertz CT molecular complexity index is 174. The van der Waals surface area contributed by atoms with Gasteiger partial charge in [0, 0.05) is 13.5 Å². The van der Waals surface area contributed by atoms with Gasteiger partial charge in [-0.2, -0.15) is 0 Å². The molecule has 0 amide bonds. The van der Waals surface area contributed by atoms with Crippen molar-refractivity contribution in [2.45, 2.75) is 39.0 Å². The summed E-state index contributed by atoms with van der Waals surface area (Å²) in [6.07, 6.45) is 1.82. The highest BCUT2D eigenvalue weighted by molar-refractivity contribution is 4.94. The second-order valence-electron chi connectivity index (χ2n) is 3.62. The topological polar surface area (TPSA) is 9.23 Å². The molecule has 0 aliphatic rings. The molecule has 0 bridgehead atoms. The van der Waals surface area contributed by atoms with Gasteiger partial charge in [0.15, 0.2) is 0 Å². The maximum absolute atomic E-state index is 13.8. The van der Waals surface area contributed by atoms with Crippen LogP contribution in [0.3, 0.4) is 0 Å². The summed E-state index contributed by atoms with van der Waals surface area (Å²) in [5.41, 5.74) is -1.05. The summed E-state index contributed by atoms with van der Waals surface area (Å²) in [5.74, 6) is -2.73. The van der Waals surface area contributed by atoms with Gasteiger partial charge in [0.2, 0.25) is 0 Å². The van der Waals surface area contributed by atoms with Crippen LogP contribution in [0.25, 0.3) is 0 Å². The van der Waals surface area contributed by atoms with Crippen LogP contribution in [0.5, 0.6) is 0 Å². The summed E-state index contributed by atoms with van der Waals surface area (Å²) in [7, 11) is 1.46. The molecule has 0 aromatic carbocycles. The van der Waals surface area contributed by atoms with Crippen LogP contribution >= 0.6 is 0 Å². The van der Waals surface area contributed by atoms with Crippen molar-refractivity contribution < 1.29 is 13.5 Å². The molecular weight excluding hydrogens is 186 g/mol. The van der Waals surface area contributed by atoms with E-state index in [9.17, 15) is 8.78 Å². The van der Waals surface area contributed by atoms with Gasteiger partial charge in [-0.25, -0.2) is 8.78 Å². The van der Waals surface area contributed by atoms with Crippen molar-refractivity contribution in [1.29, 1.82) is 0 Å². The van der Waals surface area contributed by atoms with Crippen molar-refractivity contribution in [2.75, 3.05) is 13.7 Å². The van der Waals surface area contributed by atoms with Gasteiger partial charge in [-0.1, -0.05) is 19.9 Å². The maximum atomic E-state index is 13.8. The average molecular weight is 206 g/mol. The zero-order valence-electron chi connectivity index (χ0n) is 9.28. The third kappa shape index (κ3) is 2.53. The summed E-state index contributed by atoms with van der Waals surface area (Å²) in [5, 5.41) is 0. The van der Waals surface area contributed by atoms with Crippen LogP contribution < -0.4 is 0 Å². The second kappa shape index (κ2) is 5.44. The van der Waals surface area contributed by atoms with Crippen molar-refractivity contribution in [3.05, 3.63) is 12.7 Å². The Balaban J connectivity index is 4.84. The van der Waals surface area contributed by atoms with Crippen molar-refractivity contribution in [1.82, 2.24) is 0 Å². The van der Waals surface area contributed by atoms with Gasteiger partial charge in [-0.3, -0.25) is 0 Å². The van der Waals surface area contributed by atoms with Crippen LogP contribution in [0, 0.1) is 5.41 Å². The summed E-state index contributed by atoms with van der Waals surface area (Å²) in [6, 6.07) is 0. The smallest absolute Gasteiger partial charge is 0.259 e. The molecule has 0 spiro atoms. The summed E-state index contributed by atoms with van der Waals surface area (Å²) >= 11 is 0. The minimum Gasteiger partial charge on any atom is -0.384 e. The van der Waals surface area contributed by atoms with Crippen molar-refractivity contribution in [3.63, 3.8) is 0 Å². The Hall–Kier alpha value is -0.440. The lowest BCUT2D eigenvalue weighted by Crippen LogP contribution is -2.43. The van der Waals surface area contributed by atoms with Gasteiger partial charge in [0.05, 0.1) is 12.0 Å².